The van der Waals surface area contributed by atoms with Crippen molar-refractivity contribution in [3.8, 4) is 0 Å². The first-order valence-electron chi connectivity index (χ1n) is 6.35. The van der Waals surface area contributed by atoms with E-state index in [2.05, 4.69) is 20.8 Å². The molecule has 0 amide bonds. The quantitative estimate of drug-likeness (QED) is 0.456. The fourth-order valence-corrected chi connectivity index (χ4v) is 3.58. The third kappa shape index (κ3) is 1.59. The highest BCUT2D eigenvalue weighted by molar-refractivity contribution is 5.87. The van der Waals surface area contributed by atoms with Crippen molar-refractivity contribution >= 4 is 5.97 Å². The van der Waals surface area contributed by atoms with E-state index in [1.54, 1.807) is 6.92 Å². The van der Waals surface area contributed by atoms with Crippen LogP contribution < -0.4 is 0 Å². The molecule has 0 aromatic rings. The monoisotopic (exact) mass is 238 g/mol. The highest BCUT2D eigenvalue weighted by atomic mass is 16.5. The maximum Gasteiger partial charge on any atom is 0.337 e. The van der Waals surface area contributed by atoms with Crippen molar-refractivity contribution in [2.75, 3.05) is 0 Å². The summed E-state index contributed by atoms with van der Waals surface area (Å²) in [4.78, 5) is 11.7. The van der Waals surface area contributed by atoms with Gasteiger partial charge in [-0.1, -0.05) is 20.8 Å². The highest BCUT2D eigenvalue weighted by Crippen LogP contribution is 2.66. The lowest BCUT2D eigenvalue weighted by atomic mass is 9.70. The van der Waals surface area contributed by atoms with Crippen molar-refractivity contribution in [1.29, 1.82) is 0 Å². The Balaban J connectivity index is 2.14. The molecule has 2 fully saturated rings. The molecule has 1 unspecified atom stereocenters. The van der Waals surface area contributed by atoms with Crippen LogP contribution in [0.3, 0.4) is 0 Å². The van der Waals surface area contributed by atoms with Crippen LogP contribution in [0, 0.1) is 16.7 Å². The topological polar surface area (TPSA) is 46.5 Å². The van der Waals surface area contributed by atoms with Gasteiger partial charge < -0.3 is 9.84 Å². The van der Waals surface area contributed by atoms with Crippen LogP contribution in [0.15, 0.2) is 11.8 Å². The first kappa shape index (κ1) is 12.5. The Morgan fingerprint density at radius 3 is 2.47 bits per heavy atom. The number of carbonyl (C=O) groups excluding carboxylic acids is 1. The normalized spacial score (nSPS) is 39.4. The molecule has 0 aromatic heterocycles. The van der Waals surface area contributed by atoms with Crippen LogP contribution in [0.5, 0.6) is 0 Å². The molecule has 3 atom stereocenters. The zero-order valence-electron chi connectivity index (χ0n) is 11.1. The molecule has 0 heterocycles. The van der Waals surface area contributed by atoms with Gasteiger partial charge >= 0.3 is 5.97 Å². The number of aliphatic hydroxyl groups is 1. The van der Waals surface area contributed by atoms with Gasteiger partial charge in [-0.25, -0.2) is 4.79 Å². The molecule has 2 aliphatic rings. The first-order chi connectivity index (χ1) is 7.83. The number of aliphatic hydroxyl groups excluding tert-OH is 1. The second-order valence-electron chi connectivity index (χ2n) is 6.32. The number of carbonyl (C=O) groups is 1. The lowest BCUT2D eigenvalue weighted by Gasteiger charge is -2.38. The van der Waals surface area contributed by atoms with Crippen LogP contribution in [0.1, 0.15) is 47.0 Å². The number of hydrogen-bond acceptors (Lipinski definition) is 3. The van der Waals surface area contributed by atoms with Gasteiger partial charge in [-0.2, -0.15) is 0 Å². The minimum Gasteiger partial charge on any atom is -0.515 e. The van der Waals surface area contributed by atoms with E-state index in [1.165, 1.54) is 6.42 Å². The van der Waals surface area contributed by atoms with Gasteiger partial charge in [0.25, 0.3) is 0 Å². The smallest absolute Gasteiger partial charge is 0.337 e. The van der Waals surface area contributed by atoms with Crippen LogP contribution in [0.2, 0.25) is 0 Å². The number of hydrogen-bond donors (Lipinski definition) is 1. The standard InChI is InChI=1S/C14H22O3/c1-9(8-15)12(16)17-11-7-10-5-6-14(11,4)13(10,2)3/h8,10-11,15H,5-7H2,1-4H3/t10-,11?,14-/m1/s1. The Morgan fingerprint density at radius 2 is 2.06 bits per heavy atom. The van der Waals surface area contributed by atoms with Crippen molar-refractivity contribution in [1.82, 2.24) is 0 Å². The summed E-state index contributed by atoms with van der Waals surface area (Å²) < 4.78 is 5.57. The molecule has 2 aliphatic carbocycles. The molecule has 2 saturated carbocycles. The minimum absolute atomic E-state index is 0.00125. The van der Waals surface area contributed by atoms with Gasteiger partial charge in [0.05, 0.1) is 11.8 Å². The van der Waals surface area contributed by atoms with Crippen LogP contribution in [0.4, 0.5) is 0 Å². The van der Waals surface area contributed by atoms with Crippen molar-refractivity contribution in [2.45, 2.75) is 53.1 Å². The van der Waals surface area contributed by atoms with E-state index in [0.29, 0.717) is 5.92 Å². The van der Waals surface area contributed by atoms with Gasteiger partial charge in [0.15, 0.2) is 0 Å². The number of rotatable bonds is 2. The first-order valence-corrected chi connectivity index (χ1v) is 6.35. The summed E-state index contributed by atoms with van der Waals surface area (Å²) in [6.45, 7) is 8.37. The van der Waals surface area contributed by atoms with Gasteiger partial charge in [-0.05, 0) is 37.5 Å². The van der Waals surface area contributed by atoms with Crippen LogP contribution in [0.25, 0.3) is 0 Å². The molecule has 96 valence electrons. The van der Waals surface area contributed by atoms with Crippen molar-refractivity contribution in [2.24, 2.45) is 16.7 Å². The van der Waals surface area contributed by atoms with Crippen LogP contribution >= 0.6 is 0 Å². The summed E-state index contributed by atoms with van der Waals surface area (Å²) >= 11 is 0. The molecule has 0 radical (unpaired) electrons. The van der Waals surface area contributed by atoms with Crippen molar-refractivity contribution in [3.05, 3.63) is 11.8 Å². The Kier molecular flexibility index (Phi) is 2.75. The third-order valence-electron chi connectivity index (χ3n) is 5.48. The summed E-state index contributed by atoms with van der Waals surface area (Å²) in [5, 5.41) is 8.81. The summed E-state index contributed by atoms with van der Waals surface area (Å²) in [5.74, 6) is 0.269. The zero-order valence-corrected chi connectivity index (χ0v) is 11.1. The lowest BCUT2D eigenvalue weighted by molar-refractivity contribution is -0.152. The second kappa shape index (κ2) is 3.76. The molecule has 0 aliphatic heterocycles. The molecule has 0 saturated heterocycles. The molecule has 17 heavy (non-hydrogen) atoms. The fourth-order valence-electron chi connectivity index (χ4n) is 3.58. The Hall–Kier alpha value is -0.990. The van der Waals surface area contributed by atoms with Gasteiger partial charge in [0.2, 0.25) is 0 Å². The Labute approximate surface area is 103 Å². The van der Waals surface area contributed by atoms with Gasteiger partial charge in [-0.15, -0.1) is 0 Å². The number of fused-ring (bicyclic) bond motifs is 2. The van der Waals surface area contributed by atoms with Crippen molar-refractivity contribution < 1.29 is 14.6 Å². The predicted molar refractivity (Wildman–Crippen MR) is 65.5 cm³/mol. The molecule has 0 spiro atoms. The number of ether oxygens (including phenoxy) is 1. The van der Waals surface area contributed by atoms with Crippen molar-refractivity contribution in [3.63, 3.8) is 0 Å². The van der Waals surface area contributed by atoms with E-state index in [0.717, 1.165) is 19.1 Å². The van der Waals surface area contributed by atoms with Gasteiger partial charge in [0, 0.05) is 5.41 Å². The molecule has 3 heteroatoms. The maximum absolute atomic E-state index is 11.7. The molecule has 0 aromatic carbocycles. The Bertz CT molecular complexity index is 370. The summed E-state index contributed by atoms with van der Waals surface area (Å²) in [7, 11) is 0. The lowest BCUT2D eigenvalue weighted by Crippen LogP contribution is -2.38. The van der Waals surface area contributed by atoms with E-state index in [1.807, 2.05) is 0 Å². The average Bonchev–Trinajstić information content (AvgIpc) is 2.60. The maximum atomic E-state index is 11.7. The van der Waals surface area contributed by atoms with E-state index < -0.39 is 0 Å². The summed E-state index contributed by atoms with van der Waals surface area (Å²) in [5.41, 5.74) is 0.604. The largest absolute Gasteiger partial charge is 0.515 e. The SMILES string of the molecule is CC(=CO)C(=O)OC1C[C@H]2CC[C@@]1(C)C2(C)C. The van der Waals surface area contributed by atoms with Crippen LogP contribution in [-0.4, -0.2) is 17.2 Å². The van der Waals surface area contributed by atoms with E-state index in [-0.39, 0.29) is 28.5 Å². The van der Waals surface area contributed by atoms with Crippen LogP contribution in [-0.2, 0) is 9.53 Å². The molecule has 1 N–H and O–H groups in total. The van der Waals surface area contributed by atoms with Gasteiger partial charge in [0.1, 0.15) is 6.10 Å². The fraction of sp³-hybridized carbons (Fsp3) is 0.786. The molecular formula is C14H22O3. The molecule has 3 nitrogen and oxygen atoms in total. The summed E-state index contributed by atoms with van der Waals surface area (Å²) in [6, 6.07) is 0. The average molecular weight is 238 g/mol. The zero-order chi connectivity index (χ0) is 12.8. The third-order valence-corrected chi connectivity index (χ3v) is 5.48. The Morgan fingerprint density at radius 1 is 1.41 bits per heavy atom. The highest BCUT2D eigenvalue weighted by Gasteiger charge is 2.62. The van der Waals surface area contributed by atoms with E-state index in [9.17, 15) is 4.79 Å². The summed E-state index contributed by atoms with van der Waals surface area (Å²) in [6.07, 6.45) is 4.16. The number of esters is 1. The molecular weight excluding hydrogens is 216 g/mol. The minimum atomic E-state index is -0.387. The van der Waals surface area contributed by atoms with E-state index >= 15 is 0 Å². The predicted octanol–water partition coefficient (Wildman–Crippen LogP) is 3.21. The van der Waals surface area contributed by atoms with Gasteiger partial charge in [-0.3, -0.25) is 0 Å². The molecule has 2 rings (SSSR count). The second-order valence-corrected chi connectivity index (χ2v) is 6.32. The molecule has 2 bridgehead atoms. The van der Waals surface area contributed by atoms with E-state index in [4.69, 9.17) is 9.84 Å².